The van der Waals surface area contributed by atoms with Crippen molar-refractivity contribution in [2.24, 2.45) is 5.41 Å². The van der Waals surface area contributed by atoms with E-state index in [4.69, 9.17) is 4.74 Å². The topological polar surface area (TPSA) is 67.4 Å². The number of amides is 1. The van der Waals surface area contributed by atoms with Gasteiger partial charge in [0, 0.05) is 11.4 Å². The molecule has 0 bridgehead atoms. The molecule has 4 rings (SSSR count). The Morgan fingerprint density at radius 2 is 1.50 bits per heavy atom. The highest BCUT2D eigenvalue weighted by Gasteiger charge is 2.61. The molecule has 0 aliphatic carbocycles. The summed E-state index contributed by atoms with van der Waals surface area (Å²) in [7, 11) is 1.34. The highest BCUT2D eigenvalue weighted by molar-refractivity contribution is 6.06. The van der Waals surface area contributed by atoms with Gasteiger partial charge in [0.1, 0.15) is 5.41 Å². The van der Waals surface area contributed by atoms with Gasteiger partial charge in [-0.1, -0.05) is 78.4 Å². The minimum atomic E-state index is -1.44. The molecule has 1 aliphatic heterocycles. The highest BCUT2D eigenvalue weighted by atomic mass is 16.5. The molecule has 5 heteroatoms. The van der Waals surface area contributed by atoms with Crippen LogP contribution in [0.2, 0.25) is 0 Å². The predicted molar refractivity (Wildman–Crippen MR) is 126 cm³/mol. The van der Waals surface area contributed by atoms with E-state index >= 15 is 0 Å². The van der Waals surface area contributed by atoms with Crippen molar-refractivity contribution < 1.29 is 14.3 Å². The maximum absolute atomic E-state index is 14.0. The number of anilines is 1. The quantitative estimate of drug-likeness (QED) is 0.583. The van der Waals surface area contributed by atoms with Crippen LogP contribution in [0, 0.1) is 12.3 Å². The first-order valence-electron chi connectivity index (χ1n) is 10.5. The van der Waals surface area contributed by atoms with Gasteiger partial charge in [-0.05, 0) is 43.2 Å². The Labute approximate surface area is 188 Å². The van der Waals surface area contributed by atoms with Crippen LogP contribution in [-0.2, 0) is 19.9 Å². The van der Waals surface area contributed by atoms with Gasteiger partial charge in [-0.2, -0.15) is 0 Å². The van der Waals surface area contributed by atoms with E-state index in [9.17, 15) is 9.59 Å². The molecule has 3 aromatic carbocycles. The van der Waals surface area contributed by atoms with Gasteiger partial charge in [-0.25, -0.2) is 0 Å². The second-order valence-electron chi connectivity index (χ2n) is 8.18. The van der Waals surface area contributed by atoms with E-state index in [0.29, 0.717) is 11.3 Å². The number of hydrogen-bond donors (Lipinski definition) is 2. The monoisotopic (exact) mass is 426 g/mol. The Morgan fingerprint density at radius 1 is 0.906 bits per heavy atom. The van der Waals surface area contributed by atoms with Crippen molar-refractivity contribution in [2.45, 2.75) is 19.4 Å². The molecule has 0 unspecified atom stereocenters. The lowest BCUT2D eigenvalue weighted by molar-refractivity contribution is -0.156. The fraction of sp³-hybridized carbons (Fsp3) is 0.185. The normalized spacial score (nSPS) is 22.5. The van der Waals surface area contributed by atoms with Crippen LogP contribution in [0.4, 0.5) is 5.69 Å². The molecule has 1 aliphatic rings. The van der Waals surface area contributed by atoms with Crippen LogP contribution in [0.1, 0.15) is 23.6 Å². The fourth-order valence-electron chi connectivity index (χ4n) is 4.31. The van der Waals surface area contributed by atoms with Crippen LogP contribution in [0.15, 0.2) is 91.0 Å². The fourth-order valence-corrected chi connectivity index (χ4v) is 4.31. The first-order chi connectivity index (χ1) is 15.4. The maximum Gasteiger partial charge on any atom is 0.318 e. The molecule has 1 amide bonds. The molecule has 2 atom stereocenters. The smallest absolute Gasteiger partial charge is 0.318 e. The van der Waals surface area contributed by atoms with Crippen molar-refractivity contribution in [1.29, 1.82) is 0 Å². The molecule has 0 saturated heterocycles. The zero-order valence-electron chi connectivity index (χ0n) is 18.4. The summed E-state index contributed by atoms with van der Waals surface area (Å²) in [5.74, 6) is -0.845. The lowest BCUT2D eigenvalue weighted by Gasteiger charge is -2.48. The van der Waals surface area contributed by atoms with Gasteiger partial charge >= 0.3 is 5.97 Å². The molecule has 0 spiro atoms. The summed E-state index contributed by atoms with van der Waals surface area (Å²) in [6.45, 7) is 3.74. The van der Waals surface area contributed by atoms with Gasteiger partial charge in [0.25, 0.3) is 5.91 Å². The molecule has 2 N–H and O–H groups in total. The summed E-state index contributed by atoms with van der Waals surface area (Å²) in [4.78, 5) is 27.3. The first kappa shape index (κ1) is 21.4. The maximum atomic E-state index is 14.0. The van der Waals surface area contributed by atoms with Crippen molar-refractivity contribution in [3.05, 3.63) is 108 Å². The Balaban J connectivity index is 1.98. The largest absolute Gasteiger partial charge is 0.468 e. The van der Waals surface area contributed by atoms with Crippen LogP contribution in [0.5, 0.6) is 0 Å². The van der Waals surface area contributed by atoms with Crippen LogP contribution >= 0.6 is 0 Å². The first-order valence-corrected chi connectivity index (χ1v) is 10.5. The molecule has 3 aromatic rings. The Bertz CT molecular complexity index is 1160. The number of carbonyl (C=O) groups excluding carboxylic acids is 2. The van der Waals surface area contributed by atoms with Gasteiger partial charge < -0.3 is 15.4 Å². The van der Waals surface area contributed by atoms with Gasteiger partial charge in [0.2, 0.25) is 0 Å². The molecule has 162 valence electrons. The van der Waals surface area contributed by atoms with Crippen molar-refractivity contribution in [3.63, 3.8) is 0 Å². The van der Waals surface area contributed by atoms with Crippen LogP contribution in [-0.4, -0.2) is 19.0 Å². The number of benzene rings is 3. The summed E-state index contributed by atoms with van der Waals surface area (Å²) in [6.07, 6.45) is 1.80. The predicted octanol–water partition coefficient (Wildman–Crippen LogP) is 4.65. The minimum absolute atomic E-state index is 0.335. The van der Waals surface area contributed by atoms with Crippen molar-refractivity contribution in [1.82, 2.24) is 5.32 Å². The Kier molecular flexibility index (Phi) is 5.57. The number of esters is 1. The molecular formula is C27H26N2O3. The van der Waals surface area contributed by atoms with Crippen molar-refractivity contribution in [2.75, 3.05) is 12.4 Å². The van der Waals surface area contributed by atoms with Gasteiger partial charge in [-0.15, -0.1) is 0 Å². The zero-order chi connectivity index (χ0) is 22.8. The number of aryl methyl sites for hydroxylation is 1. The van der Waals surface area contributed by atoms with E-state index in [1.54, 1.807) is 13.0 Å². The number of methoxy groups -OCH3 is 1. The summed E-state index contributed by atoms with van der Waals surface area (Å²) >= 11 is 0. The number of hydrogen-bond acceptors (Lipinski definition) is 4. The number of nitrogens with one attached hydrogen (secondary N) is 2. The van der Waals surface area contributed by atoms with Crippen molar-refractivity contribution >= 4 is 23.3 Å². The molecule has 0 aromatic heterocycles. The van der Waals surface area contributed by atoms with E-state index in [2.05, 4.69) is 10.6 Å². The minimum Gasteiger partial charge on any atom is -0.468 e. The number of ether oxygens (including phenoxy) is 1. The van der Waals surface area contributed by atoms with Crippen LogP contribution in [0.25, 0.3) is 5.70 Å². The van der Waals surface area contributed by atoms with E-state index in [1.807, 2.05) is 91.9 Å². The van der Waals surface area contributed by atoms with E-state index < -0.39 is 16.9 Å². The molecule has 0 radical (unpaired) electrons. The summed E-state index contributed by atoms with van der Waals surface area (Å²) < 4.78 is 5.26. The van der Waals surface area contributed by atoms with Gasteiger partial charge in [0.05, 0.1) is 7.11 Å². The SMILES string of the molecule is COC(=O)[C@]1(C)C=C(c2ccccc2)NC(=O)[C@@]1(Nc1ccc(C)cc1)c1ccccc1. The second kappa shape index (κ2) is 8.35. The summed E-state index contributed by atoms with van der Waals surface area (Å²) in [5, 5.41) is 6.45. The lowest BCUT2D eigenvalue weighted by atomic mass is 9.63. The van der Waals surface area contributed by atoms with Crippen LogP contribution < -0.4 is 10.6 Å². The lowest BCUT2D eigenvalue weighted by Crippen LogP contribution is -2.64. The third-order valence-corrected chi connectivity index (χ3v) is 6.09. The zero-order valence-corrected chi connectivity index (χ0v) is 18.4. The summed E-state index contributed by atoms with van der Waals surface area (Å²) in [5.41, 5.74) is 1.08. The average Bonchev–Trinajstić information content (AvgIpc) is 2.83. The molecular weight excluding hydrogens is 400 g/mol. The Morgan fingerprint density at radius 3 is 2.09 bits per heavy atom. The number of rotatable bonds is 5. The van der Waals surface area contributed by atoms with Crippen LogP contribution in [0.3, 0.4) is 0 Å². The molecule has 5 nitrogen and oxygen atoms in total. The van der Waals surface area contributed by atoms with Gasteiger partial charge in [-0.3, -0.25) is 9.59 Å². The molecule has 0 fully saturated rings. The van der Waals surface area contributed by atoms with Gasteiger partial charge in [0.15, 0.2) is 5.54 Å². The standard InChI is InChI=1S/C27H26N2O3/c1-19-14-16-22(17-15-19)29-27(21-12-8-5-9-13-21)24(30)28-23(20-10-6-4-7-11-20)18-26(27,2)25(31)32-3/h4-18,29H,1-3H3,(H,28,30)/t26-,27-/m0/s1. The highest BCUT2D eigenvalue weighted by Crippen LogP contribution is 2.48. The van der Waals surface area contributed by atoms with E-state index in [1.165, 1.54) is 7.11 Å². The van der Waals surface area contributed by atoms with E-state index in [0.717, 1.165) is 16.8 Å². The van der Waals surface area contributed by atoms with E-state index in [-0.39, 0.29) is 5.91 Å². The molecule has 32 heavy (non-hydrogen) atoms. The van der Waals surface area contributed by atoms with Crippen molar-refractivity contribution in [3.8, 4) is 0 Å². The third kappa shape index (κ3) is 3.46. The average molecular weight is 427 g/mol. The Hall–Kier alpha value is -3.86. The second-order valence-corrected chi connectivity index (χ2v) is 8.18. The molecule has 1 heterocycles. The number of carbonyl (C=O) groups is 2. The summed E-state index contributed by atoms with van der Waals surface area (Å²) in [6, 6.07) is 26.5. The molecule has 0 saturated carbocycles. The third-order valence-electron chi connectivity index (χ3n) is 6.09.